The van der Waals surface area contributed by atoms with Crippen molar-refractivity contribution in [3.8, 4) is 0 Å². The molecule has 1 aromatic rings. The van der Waals surface area contributed by atoms with Crippen LogP contribution in [-0.4, -0.2) is 58.5 Å². The third-order valence-corrected chi connectivity index (χ3v) is 5.56. The smallest absolute Gasteiger partial charge is 0.304 e. The van der Waals surface area contributed by atoms with Crippen LogP contribution >= 0.6 is 0 Å². The van der Waals surface area contributed by atoms with Crippen molar-refractivity contribution < 1.29 is 17.9 Å². The fourth-order valence-electron chi connectivity index (χ4n) is 2.28. The van der Waals surface area contributed by atoms with E-state index < -0.39 is 10.2 Å². The maximum absolute atomic E-state index is 12.7. The average Bonchev–Trinajstić information content (AvgIpc) is 2.54. The molecule has 1 aromatic carbocycles. The fourth-order valence-corrected chi connectivity index (χ4v) is 3.40. The normalized spacial score (nSPS) is 11.8. The number of aryl methyl sites for hydroxylation is 2. The van der Waals surface area contributed by atoms with Gasteiger partial charge in [0.2, 0.25) is 5.91 Å². The zero-order valence-electron chi connectivity index (χ0n) is 16.6. The van der Waals surface area contributed by atoms with Crippen LogP contribution in [0.25, 0.3) is 0 Å². The van der Waals surface area contributed by atoms with E-state index in [2.05, 4.69) is 5.32 Å². The van der Waals surface area contributed by atoms with E-state index in [0.29, 0.717) is 25.3 Å². The Kier molecular flexibility index (Phi) is 8.52. The number of benzene rings is 1. The van der Waals surface area contributed by atoms with E-state index in [1.54, 1.807) is 6.07 Å². The second-order valence-electron chi connectivity index (χ2n) is 6.71. The van der Waals surface area contributed by atoms with Crippen molar-refractivity contribution in [2.45, 2.75) is 40.2 Å². The Balaban J connectivity index is 2.88. The summed E-state index contributed by atoms with van der Waals surface area (Å²) in [5.41, 5.74) is 2.23. The summed E-state index contributed by atoms with van der Waals surface area (Å²) >= 11 is 0. The number of amides is 1. The molecule has 0 aliphatic rings. The Morgan fingerprint density at radius 3 is 2.46 bits per heavy atom. The third kappa shape index (κ3) is 6.59. The number of hydrogen-bond acceptors (Lipinski definition) is 4. The highest BCUT2D eigenvalue weighted by molar-refractivity contribution is 7.90. The highest BCUT2D eigenvalue weighted by atomic mass is 32.2. The van der Waals surface area contributed by atoms with Gasteiger partial charge in [-0.15, -0.1) is 0 Å². The molecule has 0 atom stereocenters. The molecule has 0 heterocycles. The second kappa shape index (κ2) is 9.89. The summed E-state index contributed by atoms with van der Waals surface area (Å²) in [6.45, 7) is 8.34. The number of anilines is 1. The summed E-state index contributed by atoms with van der Waals surface area (Å²) in [6, 6.07) is 5.54. The van der Waals surface area contributed by atoms with Gasteiger partial charge in [0.25, 0.3) is 0 Å². The Bertz CT molecular complexity index is 702. The van der Waals surface area contributed by atoms with Crippen molar-refractivity contribution in [2.75, 3.05) is 38.1 Å². The molecule has 0 aromatic heterocycles. The first-order valence-electron chi connectivity index (χ1n) is 8.71. The molecule has 0 saturated carbocycles. The van der Waals surface area contributed by atoms with Crippen LogP contribution in [0.2, 0.25) is 0 Å². The summed E-state index contributed by atoms with van der Waals surface area (Å²) in [5.74, 6) is -0.346. The van der Waals surface area contributed by atoms with Gasteiger partial charge in [-0.1, -0.05) is 12.1 Å². The van der Waals surface area contributed by atoms with Crippen LogP contribution in [-0.2, 0) is 19.7 Å². The molecular weight excluding hydrogens is 354 g/mol. The van der Waals surface area contributed by atoms with Gasteiger partial charge in [-0.05, 0) is 51.3 Å². The van der Waals surface area contributed by atoms with Crippen LogP contribution in [0, 0.1) is 13.8 Å². The molecule has 148 valence electrons. The first kappa shape index (κ1) is 22.4. The third-order valence-electron chi connectivity index (χ3n) is 3.75. The lowest BCUT2D eigenvalue weighted by molar-refractivity contribution is -0.119. The molecule has 0 aliphatic heterocycles. The minimum atomic E-state index is -3.79. The van der Waals surface area contributed by atoms with E-state index >= 15 is 0 Å². The number of nitrogens with zero attached hydrogens (tertiary/aromatic N) is 2. The lowest BCUT2D eigenvalue weighted by Gasteiger charge is -2.28. The first-order chi connectivity index (χ1) is 12.1. The van der Waals surface area contributed by atoms with Gasteiger partial charge < -0.3 is 10.1 Å². The largest absolute Gasteiger partial charge is 0.379 e. The monoisotopic (exact) mass is 385 g/mol. The van der Waals surface area contributed by atoms with Crippen LogP contribution in [0.5, 0.6) is 0 Å². The molecule has 26 heavy (non-hydrogen) atoms. The van der Waals surface area contributed by atoms with Crippen LogP contribution in [0.15, 0.2) is 18.2 Å². The highest BCUT2D eigenvalue weighted by Crippen LogP contribution is 2.25. The fraction of sp³-hybridized carbons (Fsp3) is 0.611. The summed E-state index contributed by atoms with van der Waals surface area (Å²) in [6.07, 6.45) is 0.823. The van der Waals surface area contributed by atoms with Crippen molar-refractivity contribution in [1.29, 1.82) is 0 Å². The van der Waals surface area contributed by atoms with Gasteiger partial charge in [-0.2, -0.15) is 12.7 Å². The number of ether oxygens (including phenoxy) is 1. The Hall–Kier alpha value is -1.64. The van der Waals surface area contributed by atoms with Gasteiger partial charge in [0.05, 0.1) is 11.8 Å². The quantitative estimate of drug-likeness (QED) is 0.624. The zero-order valence-corrected chi connectivity index (χ0v) is 17.4. The molecule has 7 nitrogen and oxygen atoms in total. The average molecular weight is 386 g/mol. The van der Waals surface area contributed by atoms with Gasteiger partial charge in [-0.25, -0.2) is 4.31 Å². The molecule has 0 fully saturated rings. The lowest BCUT2D eigenvalue weighted by atomic mass is 10.1. The molecule has 0 spiro atoms. The molecule has 0 bridgehead atoms. The molecule has 8 heteroatoms. The molecule has 1 amide bonds. The van der Waals surface area contributed by atoms with Gasteiger partial charge in [-0.3, -0.25) is 4.79 Å². The van der Waals surface area contributed by atoms with Crippen LogP contribution in [0.3, 0.4) is 0 Å². The SMILES string of the molecule is Cc1ccc(C)c(N(CC(=O)NCCCOC(C)C)S(=O)(=O)N(C)C)c1. The summed E-state index contributed by atoms with van der Waals surface area (Å²) in [4.78, 5) is 12.3. The van der Waals surface area contributed by atoms with E-state index in [1.807, 2.05) is 39.8 Å². The first-order valence-corrected chi connectivity index (χ1v) is 10.1. The van der Waals surface area contributed by atoms with Crippen molar-refractivity contribution in [3.05, 3.63) is 29.3 Å². The number of carbonyl (C=O) groups is 1. The van der Waals surface area contributed by atoms with Gasteiger partial charge in [0.15, 0.2) is 0 Å². The van der Waals surface area contributed by atoms with Crippen molar-refractivity contribution >= 4 is 21.8 Å². The topological polar surface area (TPSA) is 79.0 Å². The Labute approximate surface area is 157 Å². The molecular formula is C18H31N3O4S. The van der Waals surface area contributed by atoms with Crippen LogP contribution in [0.1, 0.15) is 31.4 Å². The van der Waals surface area contributed by atoms with Crippen molar-refractivity contribution in [1.82, 2.24) is 9.62 Å². The van der Waals surface area contributed by atoms with Gasteiger partial charge >= 0.3 is 10.2 Å². The van der Waals surface area contributed by atoms with E-state index in [-0.39, 0.29) is 18.6 Å². The van der Waals surface area contributed by atoms with E-state index in [1.165, 1.54) is 14.1 Å². The van der Waals surface area contributed by atoms with Crippen LogP contribution < -0.4 is 9.62 Å². The molecule has 0 unspecified atom stereocenters. The van der Waals surface area contributed by atoms with E-state index in [4.69, 9.17) is 4.74 Å². The summed E-state index contributed by atoms with van der Waals surface area (Å²) < 4.78 is 33.1. The Morgan fingerprint density at radius 2 is 1.88 bits per heavy atom. The standard InChI is InChI=1S/C18H31N3O4S/c1-14(2)25-11-7-10-19-18(22)13-21(26(23,24)20(5)6)17-12-15(3)8-9-16(17)4/h8-9,12,14H,7,10-11,13H2,1-6H3,(H,19,22). The molecule has 1 N–H and O–H groups in total. The van der Waals surface area contributed by atoms with E-state index in [9.17, 15) is 13.2 Å². The summed E-state index contributed by atoms with van der Waals surface area (Å²) in [5, 5.41) is 2.76. The maximum atomic E-state index is 12.7. The minimum Gasteiger partial charge on any atom is -0.379 e. The number of carbonyl (C=O) groups excluding carboxylic acids is 1. The minimum absolute atomic E-state index is 0.149. The molecule has 0 radical (unpaired) electrons. The van der Waals surface area contributed by atoms with Crippen molar-refractivity contribution in [2.24, 2.45) is 0 Å². The predicted octanol–water partition coefficient (Wildman–Crippen LogP) is 1.85. The predicted molar refractivity (Wildman–Crippen MR) is 105 cm³/mol. The summed E-state index contributed by atoms with van der Waals surface area (Å²) in [7, 11) is -0.886. The molecule has 0 saturated heterocycles. The lowest BCUT2D eigenvalue weighted by Crippen LogP contribution is -2.46. The maximum Gasteiger partial charge on any atom is 0.304 e. The number of hydrogen-bond donors (Lipinski definition) is 1. The van der Waals surface area contributed by atoms with Crippen molar-refractivity contribution in [3.63, 3.8) is 0 Å². The van der Waals surface area contributed by atoms with E-state index in [0.717, 1.165) is 19.7 Å². The molecule has 1 rings (SSSR count). The number of nitrogens with one attached hydrogen (secondary N) is 1. The zero-order chi connectivity index (χ0) is 19.9. The highest BCUT2D eigenvalue weighted by Gasteiger charge is 2.28. The second-order valence-corrected chi connectivity index (χ2v) is 8.78. The Morgan fingerprint density at radius 1 is 1.23 bits per heavy atom. The van der Waals surface area contributed by atoms with Crippen LogP contribution in [0.4, 0.5) is 5.69 Å². The molecule has 0 aliphatic carbocycles. The number of rotatable bonds is 10. The van der Waals surface area contributed by atoms with Gasteiger partial charge in [0.1, 0.15) is 6.54 Å². The van der Waals surface area contributed by atoms with Gasteiger partial charge in [0, 0.05) is 27.2 Å².